The van der Waals surface area contributed by atoms with E-state index in [2.05, 4.69) is 30.7 Å². The van der Waals surface area contributed by atoms with Gasteiger partial charge in [0.25, 0.3) is 0 Å². The van der Waals surface area contributed by atoms with E-state index < -0.39 is 0 Å². The van der Waals surface area contributed by atoms with Gasteiger partial charge in [-0.2, -0.15) is 0 Å². The van der Waals surface area contributed by atoms with Gasteiger partial charge in [0.15, 0.2) is 0 Å². The Labute approximate surface area is 125 Å². The van der Waals surface area contributed by atoms with Crippen molar-refractivity contribution in [3.05, 3.63) is 34.6 Å². The summed E-state index contributed by atoms with van der Waals surface area (Å²) in [4.78, 5) is 4.71. The second-order valence-corrected chi connectivity index (χ2v) is 6.15. The standard InChI is InChI=1S/C15H23ClFN3/c1-10-8-20(9-11(2)19(10)3)15(7-18)12-4-5-13(16)14(17)6-12/h4-6,10-11,15H,7-9,18H2,1-3H3. The molecule has 5 heteroatoms. The van der Waals surface area contributed by atoms with Crippen molar-refractivity contribution in [1.29, 1.82) is 0 Å². The molecule has 1 aliphatic rings. The van der Waals surface area contributed by atoms with Crippen molar-refractivity contribution in [3.63, 3.8) is 0 Å². The number of hydrogen-bond donors (Lipinski definition) is 1. The minimum Gasteiger partial charge on any atom is -0.329 e. The van der Waals surface area contributed by atoms with Gasteiger partial charge in [0, 0.05) is 37.8 Å². The molecule has 1 aliphatic heterocycles. The van der Waals surface area contributed by atoms with Gasteiger partial charge in [-0.1, -0.05) is 17.7 Å². The molecule has 0 amide bonds. The number of nitrogens with two attached hydrogens (primary N) is 1. The fourth-order valence-electron chi connectivity index (χ4n) is 2.92. The summed E-state index contributed by atoms with van der Waals surface area (Å²) >= 11 is 5.75. The van der Waals surface area contributed by atoms with Crippen LogP contribution in [0.25, 0.3) is 0 Å². The number of rotatable bonds is 3. The third-order valence-corrected chi connectivity index (χ3v) is 4.69. The summed E-state index contributed by atoms with van der Waals surface area (Å²) in [6, 6.07) is 5.96. The van der Waals surface area contributed by atoms with Crippen molar-refractivity contribution >= 4 is 11.6 Å². The zero-order valence-corrected chi connectivity index (χ0v) is 13.1. The Morgan fingerprint density at radius 2 is 1.95 bits per heavy atom. The highest BCUT2D eigenvalue weighted by Gasteiger charge is 2.31. The Bertz CT molecular complexity index is 456. The van der Waals surface area contributed by atoms with E-state index in [1.807, 2.05) is 6.07 Å². The van der Waals surface area contributed by atoms with E-state index in [4.69, 9.17) is 17.3 Å². The zero-order chi connectivity index (χ0) is 14.9. The molecule has 1 aromatic carbocycles. The van der Waals surface area contributed by atoms with E-state index in [0.717, 1.165) is 18.7 Å². The summed E-state index contributed by atoms with van der Waals surface area (Å²) in [6.07, 6.45) is 0. The second-order valence-electron chi connectivity index (χ2n) is 5.74. The topological polar surface area (TPSA) is 32.5 Å². The van der Waals surface area contributed by atoms with Gasteiger partial charge in [0.2, 0.25) is 0 Å². The first-order valence-corrected chi connectivity index (χ1v) is 7.42. The predicted molar refractivity (Wildman–Crippen MR) is 81.5 cm³/mol. The summed E-state index contributed by atoms with van der Waals surface area (Å²) in [5.74, 6) is -0.377. The van der Waals surface area contributed by atoms with Crippen LogP contribution in [0.3, 0.4) is 0 Å². The maximum atomic E-state index is 13.7. The lowest BCUT2D eigenvalue weighted by Gasteiger charge is -2.45. The zero-order valence-electron chi connectivity index (χ0n) is 12.3. The van der Waals surface area contributed by atoms with Gasteiger partial charge in [-0.25, -0.2) is 4.39 Å². The number of piperazine rings is 1. The fraction of sp³-hybridized carbons (Fsp3) is 0.600. The van der Waals surface area contributed by atoms with Gasteiger partial charge in [-0.3, -0.25) is 9.80 Å². The molecule has 3 atom stereocenters. The van der Waals surface area contributed by atoms with Gasteiger partial charge in [-0.05, 0) is 38.6 Å². The Morgan fingerprint density at radius 3 is 2.45 bits per heavy atom. The Kier molecular flexibility index (Phi) is 5.02. The van der Waals surface area contributed by atoms with Crippen LogP contribution in [-0.2, 0) is 0 Å². The quantitative estimate of drug-likeness (QED) is 0.931. The van der Waals surface area contributed by atoms with Crippen LogP contribution in [0.4, 0.5) is 4.39 Å². The van der Waals surface area contributed by atoms with Gasteiger partial charge in [0.05, 0.1) is 5.02 Å². The molecule has 1 saturated heterocycles. The van der Waals surface area contributed by atoms with Crippen LogP contribution >= 0.6 is 11.6 Å². The summed E-state index contributed by atoms with van der Waals surface area (Å²) in [5, 5.41) is 0.157. The Balaban J connectivity index is 2.21. The van der Waals surface area contributed by atoms with Gasteiger partial charge in [-0.15, -0.1) is 0 Å². The van der Waals surface area contributed by atoms with E-state index in [1.54, 1.807) is 6.07 Å². The lowest BCUT2D eigenvalue weighted by molar-refractivity contribution is 0.0351. The minimum atomic E-state index is -0.377. The van der Waals surface area contributed by atoms with Crippen LogP contribution < -0.4 is 5.73 Å². The molecule has 3 nitrogen and oxygen atoms in total. The molecule has 0 spiro atoms. The Morgan fingerprint density at radius 1 is 1.35 bits per heavy atom. The van der Waals surface area contributed by atoms with Crippen molar-refractivity contribution in [1.82, 2.24) is 9.80 Å². The lowest BCUT2D eigenvalue weighted by atomic mass is 10.0. The highest BCUT2D eigenvalue weighted by atomic mass is 35.5. The molecular formula is C15H23ClFN3. The summed E-state index contributed by atoms with van der Waals surface area (Å²) in [6.45, 7) is 6.77. The van der Waals surface area contributed by atoms with Crippen molar-refractivity contribution in [2.45, 2.75) is 32.0 Å². The average molecular weight is 300 g/mol. The van der Waals surface area contributed by atoms with Crippen molar-refractivity contribution in [2.24, 2.45) is 5.73 Å². The first-order valence-electron chi connectivity index (χ1n) is 7.05. The van der Waals surface area contributed by atoms with Crippen LogP contribution in [-0.4, -0.2) is 48.6 Å². The van der Waals surface area contributed by atoms with E-state index in [9.17, 15) is 4.39 Å². The summed E-state index contributed by atoms with van der Waals surface area (Å²) in [5.41, 5.74) is 6.84. The summed E-state index contributed by atoms with van der Waals surface area (Å²) < 4.78 is 13.7. The monoisotopic (exact) mass is 299 g/mol. The first kappa shape index (κ1) is 15.7. The van der Waals surface area contributed by atoms with E-state index >= 15 is 0 Å². The molecule has 20 heavy (non-hydrogen) atoms. The minimum absolute atomic E-state index is 0.0420. The smallest absolute Gasteiger partial charge is 0.142 e. The van der Waals surface area contributed by atoms with Crippen LogP contribution in [0.1, 0.15) is 25.5 Å². The van der Waals surface area contributed by atoms with Crippen LogP contribution in [0.15, 0.2) is 18.2 Å². The molecule has 0 bridgehead atoms. The lowest BCUT2D eigenvalue weighted by Crippen LogP contribution is -2.56. The maximum Gasteiger partial charge on any atom is 0.142 e. The number of nitrogens with zero attached hydrogens (tertiary/aromatic N) is 2. The molecular weight excluding hydrogens is 277 g/mol. The summed E-state index contributed by atoms with van der Waals surface area (Å²) in [7, 11) is 2.14. The van der Waals surface area contributed by atoms with E-state index in [1.165, 1.54) is 6.07 Å². The molecule has 1 aromatic rings. The molecule has 0 radical (unpaired) electrons. The molecule has 2 rings (SSSR count). The number of likely N-dealkylation sites (N-methyl/N-ethyl adjacent to an activating group) is 1. The molecule has 2 N–H and O–H groups in total. The predicted octanol–water partition coefficient (Wildman–Crippen LogP) is 2.50. The first-order chi connectivity index (χ1) is 9.43. The van der Waals surface area contributed by atoms with Crippen molar-refractivity contribution in [2.75, 3.05) is 26.7 Å². The molecule has 0 saturated carbocycles. The largest absolute Gasteiger partial charge is 0.329 e. The highest BCUT2D eigenvalue weighted by molar-refractivity contribution is 6.30. The van der Waals surface area contributed by atoms with E-state index in [-0.39, 0.29) is 16.9 Å². The second kappa shape index (κ2) is 6.39. The van der Waals surface area contributed by atoms with Crippen LogP contribution in [0.5, 0.6) is 0 Å². The van der Waals surface area contributed by atoms with Gasteiger partial charge in [0.1, 0.15) is 5.82 Å². The molecule has 1 fully saturated rings. The van der Waals surface area contributed by atoms with Crippen molar-refractivity contribution < 1.29 is 4.39 Å². The van der Waals surface area contributed by atoms with E-state index in [0.29, 0.717) is 18.6 Å². The number of halogens is 2. The third-order valence-electron chi connectivity index (χ3n) is 4.38. The number of benzene rings is 1. The van der Waals surface area contributed by atoms with Crippen molar-refractivity contribution in [3.8, 4) is 0 Å². The molecule has 0 aliphatic carbocycles. The maximum absolute atomic E-state index is 13.7. The number of hydrogen-bond acceptors (Lipinski definition) is 3. The van der Waals surface area contributed by atoms with Crippen LogP contribution in [0, 0.1) is 5.82 Å². The highest BCUT2D eigenvalue weighted by Crippen LogP contribution is 2.27. The normalized spacial score (nSPS) is 26.7. The molecule has 112 valence electrons. The van der Waals surface area contributed by atoms with Gasteiger partial charge >= 0.3 is 0 Å². The fourth-order valence-corrected chi connectivity index (χ4v) is 3.03. The van der Waals surface area contributed by atoms with Crippen LogP contribution in [0.2, 0.25) is 5.02 Å². The molecule has 3 unspecified atom stereocenters. The molecule has 0 aromatic heterocycles. The average Bonchev–Trinajstić information content (AvgIpc) is 2.41. The SMILES string of the molecule is CC1CN(C(CN)c2ccc(Cl)c(F)c2)CC(C)N1C. The third kappa shape index (κ3) is 3.14. The Hall–Kier alpha value is -0.680. The molecule has 1 heterocycles. The van der Waals surface area contributed by atoms with Gasteiger partial charge < -0.3 is 5.73 Å².